The Morgan fingerprint density at radius 2 is 1.86 bits per heavy atom. The van der Waals surface area contributed by atoms with Crippen molar-refractivity contribution in [3.8, 4) is 5.69 Å². The molecule has 0 atom stereocenters. The Hall–Kier alpha value is -2.34. The van der Waals surface area contributed by atoms with Crippen molar-refractivity contribution in [1.29, 1.82) is 0 Å². The second kappa shape index (κ2) is 4.89. The first-order valence-electron chi connectivity index (χ1n) is 6.34. The molecule has 3 rings (SSSR count). The van der Waals surface area contributed by atoms with Gasteiger partial charge >= 0.3 is 6.18 Å². The van der Waals surface area contributed by atoms with Crippen LogP contribution in [0.5, 0.6) is 0 Å². The zero-order chi connectivity index (χ0) is 15.0. The van der Waals surface area contributed by atoms with Gasteiger partial charge in [-0.05, 0) is 29.8 Å². The van der Waals surface area contributed by atoms with Crippen molar-refractivity contribution in [2.24, 2.45) is 5.73 Å². The van der Waals surface area contributed by atoms with Crippen LogP contribution in [0.25, 0.3) is 16.6 Å². The van der Waals surface area contributed by atoms with Gasteiger partial charge in [-0.1, -0.05) is 18.2 Å². The van der Waals surface area contributed by atoms with E-state index in [2.05, 4.69) is 5.10 Å². The van der Waals surface area contributed by atoms with Gasteiger partial charge < -0.3 is 5.73 Å². The molecular weight excluding hydrogens is 279 g/mol. The largest absolute Gasteiger partial charge is 0.416 e. The maximum atomic E-state index is 12.8. The molecule has 3 aromatic rings. The average molecular weight is 291 g/mol. The Morgan fingerprint density at radius 1 is 1.10 bits per heavy atom. The molecule has 3 nitrogen and oxygen atoms in total. The van der Waals surface area contributed by atoms with Crippen LogP contribution in [-0.4, -0.2) is 9.78 Å². The van der Waals surface area contributed by atoms with Gasteiger partial charge in [0, 0.05) is 11.9 Å². The summed E-state index contributed by atoms with van der Waals surface area (Å²) in [6.45, 7) is 0.00738. The van der Waals surface area contributed by atoms with E-state index in [4.69, 9.17) is 5.73 Å². The summed E-state index contributed by atoms with van der Waals surface area (Å²) in [6.07, 6.45) is -2.71. The standard InChI is InChI=1S/C15H12F3N3/c16-15(17,18)12-5-6-14(11(7-12)8-19)21-13-4-2-1-3-10(13)9-20-21/h1-7,9H,8,19H2. The van der Waals surface area contributed by atoms with Crippen LogP contribution in [-0.2, 0) is 12.7 Å². The van der Waals surface area contributed by atoms with Crippen molar-refractivity contribution >= 4 is 10.9 Å². The van der Waals surface area contributed by atoms with E-state index < -0.39 is 11.7 Å². The number of hydrogen-bond donors (Lipinski definition) is 1. The molecule has 0 saturated heterocycles. The molecule has 1 heterocycles. The first-order chi connectivity index (χ1) is 10.0. The molecule has 0 saturated carbocycles. The summed E-state index contributed by atoms with van der Waals surface area (Å²) in [5.41, 5.74) is 6.69. The second-order valence-corrected chi connectivity index (χ2v) is 4.66. The van der Waals surface area contributed by atoms with Crippen LogP contribution in [0.2, 0.25) is 0 Å². The number of halogens is 3. The Kier molecular flexibility index (Phi) is 3.17. The van der Waals surface area contributed by atoms with Crippen molar-refractivity contribution in [3.05, 3.63) is 59.8 Å². The molecule has 0 amide bonds. The van der Waals surface area contributed by atoms with Crippen LogP contribution in [0, 0.1) is 0 Å². The topological polar surface area (TPSA) is 43.8 Å². The Balaban J connectivity index is 2.18. The SMILES string of the molecule is NCc1cc(C(F)(F)F)ccc1-n1ncc2ccccc21. The third-order valence-corrected chi connectivity index (χ3v) is 3.33. The number of nitrogens with two attached hydrogens (primary N) is 1. The van der Waals surface area contributed by atoms with E-state index >= 15 is 0 Å². The molecule has 0 aliphatic heterocycles. The normalized spacial score (nSPS) is 12.0. The van der Waals surface area contributed by atoms with Crippen molar-refractivity contribution in [2.75, 3.05) is 0 Å². The first kappa shape index (κ1) is 13.6. The van der Waals surface area contributed by atoms with Gasteiger partial charge in [-0.3, -0.25) is 0 Å². The highest BCUT2D eigenvalue weighted by atomic mass is 19.4. The Bertz CT molecular complexity index is 790. The highest BCUT2D eigenvalue weighted by molar-refractivity contribution is 5.80. The molecule has 108 valence electrons. The van der Waals surface area contributed by atoms with Gasteiger partial charge in [-0.25, -0.2) is 4.68 Å². The average Bonchev–Trinajstić information content (AvgIpc) is 2.89. The number of hydrogen-bond acceptors (Lipinski definition) is 2. The van der Waals surface area contributed by atoms with Crippen LogP contribution < -0.4 is 5.73 Å². The lowest BCUT2D eigenvalue weighted by atomic mass is 10.1. The monoisotopic (exact) mass is 291 g/mol. The van der Waals surface area contributed by atoms with E-state index in [1.54, 1.807) is 10.9 Å². The molecule has 0 spiro atoms. The van der Waals surface area contributed by atoms with Gasteiger partial charge in [0.25, 0.3) is 0 Å². The van der Waals surface area contributed by atoms with Crippen molar-refractivity contribution in [2.45, 2.75) is 12.7 Å². The zero-order valence-corrected chi connectivity index (χ0v) is 10.9. The minimum atomic E-state index is -4.38. The van der Waals surface area contributed by atoms with Crippen LogP contribution in [0.4, 0.5) is 13.2 Å². The number of benzene rings is 2. The van der Waals surface area contributed by atoms with E-state index in [1.807, 2.05) is 24.3 Å². The smallest absolute Gasteiger partial charge is 0.326 e. The summed E-state index contributed by atoms with van der Waals surface area (Å²) in [7, 11) is 0. The summed E-state index contributed by atoms with van der Waals surface area (Å²) < 4.78 is 39.9. The van der Waals surface area contributed by atoms with E-state index in [0.29, 0.717) is 11.3 Å². The summed E-state index contributed by atoms with van der Waals surface area (Å²) in [6, 6.07) is 11.0. The van der Waals surface area contributed by atoms with Gasteiger partial charge in [-0.2, -0.15) is 18.3 Å². The van der Waals surface area contributed by atoms with Gasteiger partial charge in [0.15, 0.2) is 0 Å². The van der Waals surface area contributed by atoms with Crippen LogP contribution >= 0.6 is 0 Å². The number of alkyl halides is 3. The third kappa shape index (κ3) is 2.38. The fraction of sp³-hybridized carbons (Fsp3) is 0.133. The van der Waals surface area contributed by atoms with Crippen LogP contribution in [0.3, 0.4) is 0 Å². The first-order valence-corrected chi connectivity index (χ1v) is 6.34. The second-order valence-electron chi connectivity index (χ2n) is 4.66. The van der Waals surface area contributed by atoms with E-state index in [9.17, 15) is 13.2 Å². The highest BCUT2D eigenvalue weighted by Crippen LogP contribution is 2.32. The number of fused-ring (bicyclic) bond motifs is 1. The van der Waals surface area contributed by atoms with Crippen LogP contribution in [0.15, 0.2) is 48.7 Å². The fourth-order valence-electron chi connectivity index (χ4n) is 2.30. The summed E-state index contributed by atoms with van der Waals surface area (Å²) in [5.74, 6) is 0. The molecule has 0 bridgehead atoms. The molecule has 0 aliphatic carbocycles. The van der Waals surface area contributed by atoms with Gasteiger partial charge in [0.1, 0.15) is 0 Å². The lowest BCUT2D eigenvalue weighted by molar-refractivity contribution is -0.137. The fourth-order valence-corrected chi connectivity index (χ4v) is 2.30. The van der Waals surface area contributed by atoms with E-state index in [1.165, 1.54) is 6.07 Å². The minimum Gasteiger partial charge on any atom is -0.326 e. The summed E-state index contributed by atoms with van der Waals surface area (Å²) >= 11 is 0. The maximum absolute atomic E-state index is 12.8. The molecular formula is C15H12F3N3. The Labute approximate surface area is 118 Å². The highest BCUT2D eigenvalue weighted by Gasteiger charge is 2.31. The van der Waals surface area contributed by atoms with Gasteiger partial charge in [0.05, 0.1) is 23.0 Å². The maximum Gasteiger partial charge on any atom is 0.416 e. The van der Waals surface area contributed by atoms with Gasteiger partial charge in [0.2, 0.25) is 0 Å². The van der Waals surface area contributed by atoms with Gasteiger partial charge in [-0.15, -0.1) is 0 Å². The third-order valence-electron chi connectivity index (χ3n) is 3.33. The summed E-state index contributed by atoms with van der Waals surface area (Å²) in [5, 5.41) is 5.16. The molecule has 6 heteroatoms. The number of nitrogens with zero attached hydrogens (tertiary/aromatic N) is 2. The number of para-hydroxylation sites is 1. The lowest BCUT2D eigenvalue weighted by Crippen LogP contribution is -2.10. The zero-order valence-electron chi connectivity index (χ0n) is 10.9. The van der Waals surface area contributed by atoms with Crippen molar-refractivity contribution < 1.29 is 13.2 Å². The predicted octanol–water partition coefficient (Wildman–Crippen LogP) is 3.50. The number of aromatic nitrogens is 2. The van der Waals surface area contributed by atoms with E-state index in [0.717, 1.165) is 23.0 Å². The summed E-state index contributed by atoms with van der Waals surface area (Å²) in [4.78, 5) is 0. The molecule has 2 N–H and O–H groups in total. The molecule has 1 aromatic heterocycles. The van der Waals surface area contributed by atoms with Crippen molar-refractivity contribution in [1.82, 2.24) is 9.78 Å². The molecule has 21 heavy (non-hydrogen) atoms. The number of rotatable bonds is 2. The lowest BCUT2D eigenvalue weighted by Gasteiger charge is -2.13. The molecule has 0 aliphatic rings. The quantitative estimate of drug-likeness (QED) is 0.785. The molecule has 2 aromatic carbocycles. The minimum absolute atomic E-state index is 0.00738. The molecule has 0 radical (unpaired) electrons. The van der Waals surface area contributed by atoms with Crippen LogP contribution in [0.1, 0.15) is 11.1 Å². The Morgan fingerprint density at radius 3 is 2.57 bits per heavy atom. The molecule has 0 unspecified atom stereocenters. The van der Waals surface area contributed by atoms with E-state index in [-0.39, 0.29) is 6.54 Å². The molecule has 0 fully saturated rings. The van der Waals surface area contributed by atoms with Crippen molar-refractivity contribution in [3.63, 3.8) is 0 Å². The predicted molar refractivity (Wildman–Crippen MR) is 74.0 cm³/mol.